The molecule has 1 unspecified atom stereocenters. The summed E-state index contributed by atoms with van der Waals surface area (Å²) < 4.78 is 0. The van der Waals surface area contributed by atoms with E-state index in [4.69, 9.17) is 0 Å². The van der Waals surface area contributed by atoms with Crippen LogP contribution in [-0.2, 0) is 9.59 Å². The van der Waals surface area contributed by atoms with Gasteiger partial charge in [0.05, 0.1) is 56.2 Å². The van der Waals surface area contributed by atoms with Gasteiger partial charge in [-0.15, -0.1) is 0 Å². The van der Waals surface area contributed by atoms with Crippen molar-refractivity contribution in [1.29, 1.82) is 0 Å². The van der Waals surface area contributed by atoms with Crippen molar-refractivity contribution in [2.24, 2.45) is 0 Å². The molecule has 0 radical (unpaired) electrons. The normalized spacial score (nSPS) is 16.8. The van der Waals surface area contributed by atoms with E-state index in [9.17, 15) is 29.4 Å². The third-order valence-corrected chi connectivity index (χ3v) is 8.68. The molecule has 2 amide bonds. The van der Waals surface area contributed by atoms with E-state index in [1.807, 2.05) is 0 Å². The van der Waals surface area contributed by atoms with Crippen LogP contribution >= 0.6 is 0 Å². The number of fused-ring (bicyclic) bond motifs is 8. The lowest BCUT2D eigenvalue weighted by atomic mass is 9.85. The molecule has 0 aliphatic carbocycles. The van der Waals surface area contributed by atoms with Gasteiger partial charge in [-0.1, -0.05) is 12.1 Å². The number of benzene rings is 2. The number of anilines is 2. The van der Waals surface area contributed by atoms with Crippen LogP contribution in [0, 0.1) is 13.8 Å². The number of allylic oxidation sites excluding steroid dienone is 1. The van der Waals surface area contributed by atoms with Gasteiger partial charge in [-0.3, -0.25) is 30.0 Å². The second kappa shape index (κ2) is 9.76. The predicted molar refractivity (Wildman–Crippen MR) is 170 cm³/mol. The summed E-state index contributed by atoms with van der Waals surface area (Å²) in [5.74, 6) is -4.17. The summed E-state index contributed by atoms with van der Waals surface area (Å²) in [6.45, 7) is 3.38. The van der Waals surface area contributed by atoms with Crippen LogP contribution in [0.25, 0.3) is 27.4 Å². The Labute approximate surface area is 262 Å². The first-order valence-corrected chi connectivity index (χ1v) is 14.4. The SMILES string of the molecule is Cc1nc2ccc3cc2c(N(C)C)c1C(=O)NC1=C(C(=O)O)C2c4ccc5nc(C)c(c(N(C)C)c5c4)C(=O)NN2C(C(=O)O)=C13. The number of aliphatic carboxylic acids is 2. The highest BCUT2D eigenvalue weighted by Gasteiger charge is 2.45. The van der Waals surface area contributed by atoms with Gasteiger partial charge in [-0.2, -0.15) is 0 Å². The van der Waals surface area contributed by atoms with Crippen LogP contribution in [0.1, 0.15) is 49.3 Å². The second-order valence-electron chi connectivity index (χ2n) is 11.9. The molecule has 46 heavy (non-hydrogen) atoms. The van der Waals surface area contributed by atoms with E-state index in [-0.39, 0.29) is 28.0 Å². The van der Waals surface area contributed by atoms with E-state index >= 15 is 0 Å². The van der Waals surface area contributed by atoms with Gasteiger partial charge in [0.15, 0.2) is 5.70 Å². The molecule has 1 atom stereocenters. The van der Waals surface area contributed by atoms with Gasteiger partial charge in [-0.05, 0) is 49.2 Å². The van der Waals surface area contributed by atoms with Crippen LogP contribution < -0.4 is 20.5 Å². The zero-order valence-electron chi connectivity index (χ0n) is 25.8. The number of hydrogen-bond acceptors (Lipinski definition) is 9. The minimum atomic E-state index is -1.45. The zero-order valence-corrected chi connectivity index (χ0v) is 25.8. The number of hydrogen-bond donors (Lipinski definition) is 4. The fourth-order valence-electron chi connectivity index (χ4n) is 6.94. The number of aromatic nitrogens is 2. The molecule has 3 aliphatic rings. The molecule has 0 spiro atoms. The number of aryl methyl sites for hydroxylation is 2. The number of carbonyl (C=O) groups excluding carboxylic acids is 2. The van der Waals surface area contributed by atoms with Gasteiger partial charge in [0.2, 0.25) is 0 Å². The lowest BCUT2D eigenvalue weighted by molar-refractivity contribution is -0.137. The van der Waals surface area contributed by atoms with E-state index in [2.05, 4.69) is 20.7 Å². The molecule has 5 heterocycles. The quantitative estimate of drug-likeness (QED) is 0.265. The van der Waals surface area contributed by atoms with Gasteiger partial charge >= 0.3 is 11.9 Å². The first kappa shape index (κ1) is 28.8. The van der Waals surface area contributed by atoms with E-state index < -0.39 is 35.5 Å². The first-order chi connectivity index (χ1) is 21.8. The van der Waals surface area contributed by atoms with Crippen LogP contribution in [-0.4, -0.2) is 77.1 Å². The molecule has 4 aromatic rings. The van der Waals surface area contributed by atoms with Crippen molar-refractivity contribution in [3.63, 3.8) is 0 Å². The molecule has 3 aliphatic heterocycles. The maximum absolute atomic E-state index is 14.2. The summed E-state index contributed by atoms with van der Waals surface area (Å²) in [7, 11) is 7.12. The fourth-order valence-corrected chi connectivity index (χ4v) is 6.94. The molecular weight excluding hydrogens is 590 g/mol. The number of rotatable bonds is 4. The fraction of sp³-hybridized carbons (Fsp3) is 0.212. The zero-order chi connectivity index (χ0) is 32.9. The van der Waals surface area contributed by atoms with Crippen LogP contribution in [0.15, 0.2) is 53.4 Å². The standard InChI is InChI=1S/C33H29N7O6/c1-13-21-27(38(3)4)17-11-15(7-9-19(17)34-13)23-25(36-30(21)41)24(32(43)44)26-16-8-10-20-18(12-16)28(39(5)6)22(14(2)35-20)31(42)37-40(26)29(23)33(45)46/h7-12,26H,1-6H3,(H,36,41)(H,37,42)(H,43,44)(H,45,46). The van der Waals surface area contributed by atoms with Crippen LogP contribution in [0.5, 0.6) is 0 Å². The van der Waals surface area contributed by atoms with E-state index in [0.29, 0.717) is 55.7 Å². The highest BCUT2D eigenvalue weighted by atomic mass is 16.4. The number of hydrazine groups is 1. The molecule has 0 saturated heterocycles. The molecule has 232 valence electrons. The third kappa shape index (κ3) is 3.87. The highest BCUT2D eigenvalue weighted by molar-refractivity contribution is 6.15. The second-order valence-corrected chi connectivity index (χ2v) is 11.9. The van der Waals surface area contributed by atoms with Crippen molar-refractivity contribution in [3.8, 4) is 0 Å². The van der Waals surface area contributed by atoms with Gasteiger partial charge in [-0.25, -0.2) is 9.59 Å². The van der Waals surface area contributed by atoms with Gasteiger partial charge < -0.3 is 25.3 Å². The summed E-state index contributed by atoms with van der Waals surface area (Å²) in [6, 6.07) is 8.76. The van der Waals surface area contributed by atoms with Crippen molar-refractivity contribution in [1.82, 2.24) is 25.7 Å². The van der Waals surface area contributed by atoms with Crippen molar-refractivity contribution in [2.45, 2.75) is 19.9 Å². The number of carboxylic acid groups (broad SMARTS) is 2. The average molecular weight is 620 g/mol. The minimum absolute atomic E-state index is 0.0729. The Morgan fingerprint density at radius 2 is 1.37 bits per heavy atom. The topological polar surface area (TPSA) is 168 Å². The molecule has 6 bridgehead atoms. The van der Waals surface area contributed by atoms with E-state index in [1.165, 1.54) is 0 Å². The third-order valence-electron chi connectivity index (χ3n) is 8.68. The highest BCUT2D eigenvalue weighted by Crippen LogP contribution is 2.47. The predicted octanol–water partition coefficient (Wildman–Crippen LogP) is 3.12. The molecule has 13 heteroatoms. The number of pyridine rings is 2. The Morgan fingerprint density at radius 1 is 0.804 bits per heavy atom. The lowest BCUT2D eigenvalue weighted by Gasteiger charge is -2.40. The summed E-state index contributed by atoms with van der Waals surface area (Å²) in [6.07, 6.45) is 0. The average Bonchev–Trinajstić information content (AvgIpc) is 3.00. The van der Waals surface area contributed by atoms with E-state index in [0.717, 1.165) is 5.01 Å². The monoisotopic (exact) mass is 619 g/mol. The molecule has 2 aromatic heterocycles. The molecule has 0 saturated carbocycles. The summed E-state index contributed by atoms with van der Waals surface area (Å²) >= 11 is 0. The molecule has 0 fully saturated rings. The van der Waals surface area contributed by atoms with Crippen molar-refractivity contribution < 1.29 is 29.4 Å². The Balaban J connectivity index is 1.64. The number of carboxylic acids is 2. The molecule has 7 rings (SSSR count). The number of nitrogens with one attached hydrogen (secondary N) is 2. The Kier molecular flexibility index (Phi) is 6.10. The largest absolute Gasteiger partial charge is 0.478 e. The van der Waals surface area contributed by atoms with Gasteiger partial charge in [0, 0.05) is 44.5 Å². The smallest absolute Gasteiger partial charge is 0.354 e. The van der Waals surface area contributed by atoms with Crippen molar-refractivity contribution in [3.05, 3.63) is 87.0 Å². The van der Waals surface area contributed by atoms with Gasteiger partial charge in [0.25, 0.3) is 11.8 Å². The van der Waals surface area contributed by atoms with Crippen LogP contribution in [0.3, 0.4) is 0 Å². The molecule has 2 aromatic carbocycles. The summed E-state index contributed by atoms with van der Waals surface area (Å²) in [5, 5.41) is 26.8. The summed E-state index contributed by atoms with van der Waals surface area (Å²) in [5.41, 5.74) is 5.94. The van der Waals surface area contributed by atoms with Crippen LogP contribution in [0.4, 0.5) is 11.4 Å². The lowest BCUT2D eigenvalue weighted by Crippen LogP contribution is -2.50. The minimum Gasteiger partial charge on any atom is -0.478 e. The summed E-state index contributed by atoms with van der Waals surface area (Å²) in [4.78, 5) is 67.8. The number of carbonyl (C=O) groups is 4. The molecular formula is C33H29N7O6. The van der Waals surface area contributed by atoms with Crippen LogP contribution in [0.2, 0.25) is 0 Å². The van der Waals surface area contributed by atoms with Crippen molar-refractivity contribution >= 4 is 62.5 Å². The maximum atomic E-state index is 14.2. The van der Waals surface area contributed by atoms with Crippen molar-refractivity contribution in [2.75, 3.05) is 38.0 Å². The first-order valence-electron chi connectivity index (χ1n) is 14.4. The Bertz CT molecular complexity index is 2200. The number of amides is 2. The van der Waals surface area contributed by atoms with Gasteiger partial charge in [0.1, 0.15) is 6.04 Å². The van der Waals surface area contributed by atoms with E-state index in [1.54, 1.807) is 88.2 Å². The maximum Gasteiger partial charge on any atom is 0.354 e. The number of nitrogens with zero attached hydrogens (tertiary/aromatic N) is 5. The Hall–Kier alpha value is -5.98. The Morgan fingerprint density at radius 3 is 1.93 bits per heavy atom. The molecule has 4 N–H and O–H groups in total. The molecule has 13 nitrogen and oxygen atoms in total.